The van der Waals surface area contributed by atoms with Crippen molar-refractivity contribution < 1.29 is 34.6 Å². The van der Waals surface area contributed by atoms with E-state index in [0.29, 0.717) is 5.92 Å². The van der Waals surface area contributed by atoms with Gasteiger partial charge in [0.15, 0.2) is 5.78 Å². The maximum Gasteiger partial charge on any atom is 0.162 e. The molecule has 1 radical (unpaired) electrons. The Bertz CT molecular complexity index is 1910. The average molecular weight is 868 g/mol. The van der Waals surface area contributed by atoms with Crippen LogP contribution in [0.5, 0.6) is 0 Å². The van der Waals surface area contributed by atoms with E-state index in [9.17, 15) is 9.90 Å². The molecule has 5 aromatic rings. The van der Waals surface area contributed by atoms with Crippen molar-refractivity contribution in [3.63, 3.8) is 0 Å². The number of pyridine rings is 2. The molecule has 0 aliphatic carbocycles. The summed E-state index contributed by atoms with van der Waals surface area (Å²) in [5.74, 6) is 1.11. The number of thiophene rings is 1. The minimum Gasteiger partial charge on any atom is -0.512 e. The van der Waals surface area contributed by atoms with Gasteiger partial charge in [-0.1, -0.05) is 91.5 Å². The van der Waals surface area contributed by atoms with Crippen molar-refractivity contribution in [2.75, 3.05) is 0 Å². The summed E-state index contributed by atoms with van der Waals surface area (Å²) in [5.41, 5.74) is 6.74. The van der Waals surface area contributed by atoms with E-state index in [1.54, 1.807) is 11.3 Å². The maximum atomic E-state index is 11.7. The van der Waals surface area contributed by atoms with Gasteiger partial charge in [-0.15, -0.1) is 40.5 Å². The van der Waals surface area contributed by atoms with Crippen molar-refractivity contribution in [1.29, 1.82) is 0 Å². The second-order valence-corrected chi connectivity index (χ2v) is 15.5. The zero-order valence-corrected chi connectivity index (χ0v) is 34.6. The molecule has 50 heavy (non-hydrogen) atoms. The van der Waals surface area contributed by atoms with E-state index in [2.05, 4.69) is 108 Å². The number of aliphatic hydroxyl groups excluding tert-OH is 1. The number of nitrogens with zero attached hydrogens (tertiary/aromatic N) is 2. The molecule has 0 aliphatic heterocycles. The summed E-state index contributed by atoms with van der Waals surface area (Å²) in [6.07, 6.45) is 7.92. The Morgan fingerprint density at radius 2 is 1.64 bits per heavy atom. The smallest absolute Gasteiger partial charge is 0.162 e. The standard InChI is InChI=1S/C31H31N2S.C13H24O2.Ir/c1-20(2)15-28-30-23(12-14-34-30)18-27(32-28)22-11-13-33(6)29(19-22)24-16-21-9-7-8-10-25(21)26(17-24)31(3,4)5;1-5-10(6-2)12(14)9-13(15)11(7-3)8-4;/h7-14,17-20H,6,15H2,1-5H3;9-11,14H,5-8H2,1-4H3;/q-1;;/b;12-9-;. The van der Waals surface area contributed by atoms with Crippen LogP contribution in [-0.2, 0) is 36.7 Å². The molecule has 0 fully saturated rings. The molecular formula is C44H55IrN2O2S-. The van der Waals surface area contributed by atoms with Gasteiger partial charge in [0.1, 0.15) is 5.69 Å². The van der Waals surface area contributed by atoms with Crippen LogP contribution in [-0.4, -0.2) is 15.9 Å². The van der Waals surface area contributed by atoms with E-state index in [1.165, 1.54) is 32.8 Å². The van der Waals surface area contributed by atoms with Crippen LogP contribution in [0.1, 0.15) is 99.3 Å². The zero-order valence-electron chi connectivity index (χ0n) is 31.4. The second-order valence-electron chi connectivity index (χ2n) is 14.6. The number of rotatable bonds is 11. The second kappa shape index (κ2) is 18.3. The van der Waals surface area contributed by atoms with Gasteiger partial charge >= 0.3 is 0 Å². The van der Waals surface area contributed by atoms with Crippen LogP contribution >= 0.6 is 11.3 Å². The van der Waals surface area contributed by atoms with Gasteiger partial charge in [-0.25, -0.2) is 0 Å². The molecule has 269 valence electrons. The molecule has 2 aromatic carbocycles. The van der Waals surface area contributed by atoms with Gasteiger partial charge in [-0.3, -0.25) is 9.78 Å². The predicted octanol–water partition coefficient (Wildman–Crippen LogP) is 11.9. The molecule has 0 spiro atoms. The van der Waals surface area contributed by atoms with E-state index < -0.39 is 0 Å². The molecule has 3 aromatic heterocycles. The number of carbonyl (C=O) groups is 1. The van der Waals surface area contributed by atoms with Crippen molar-refractivity contribution in [2.24, 2.45) is 17.8 Å². The van der Waals surface area contributed by atoms with Crippen molar-refractivity contribution >= 4 is 38.0 Å². The Hall–Kier alpha value is -3.31. The van der Waals surface area contributed by atoms with Crippen molar-refractivity contribution in [3.8, 4) is 22.5 Å². The quantitative estimate of drug-likeness (QED) is 0.0623. The Morgan fingerprint density at radius 1 is 0.980 bits per heavy atom. The summed E-state index contributed by atoms with van der Waals surface area (Å²) in [4.78, 5) is 16.8. The van der Waals surface area contributed by atoms with Gasteiger partial charge < -0.3 is 9.67 Å². The van der Waals surface area contributed by atoms with E-state index in [1.807, 2.05) is 38.5 Å². The number of carbonyl (C=O) groups excluding carboxylic acids is 1. The normalized spacial score (nSPS) is 12.0. The molecule has 6 heteroatoms. The first-order chi connectivity index (χ1) is 23.3. The molecule has 3 heterocycles. The fraction of sp³-hybridized carbons (Fsp3) is 0.409. The number of aromatic nitrogens is 2. The van der Waals surface area contributed by atoms with Gasteiger partial charge in [0.05, 0.1) is 28.0 Å². The Morgan fingerprint density at radius 3 is 2.26 bits per heavy atom. The monoisotopic (exact) mass is 868 g/mol. The molecule has 4 nitrogen and oxygen atoms in total. The van der Waals surface area contributed by atoms with Gasteiger partial charge in [0.25, 0.3) is 0 Å². The fourth-order valence-corrected chi connectivity index (χ4v) is 7.28. The molecular weight excluding hydrogens is 813 g/mol. The zero-order chi connectivity index (χ0) is 35.9. The van der Waals surface area contributed by atoms with Crippen LogP contribution < -0.4 is 4.57 Å². The van der Waals surface area contributed by atoms with Crippen LogP contribution in [0.25, 0.3) is 43.4 Å². The first kappa shape index (κ1) is 41.1. The van der Waals surface area contributed by atoms with E-state index in [4.69, 9.17) is 4.98 Å². The summed E-state index contributed by atoms with van der Waals surface area (Å²) < 4.78 is 3.24. The Balaban J connectivity index is 0.000000361. The first-order valence-corrected chi connectivity index (χ1v) is 18.8. The minimum atomic E-state index is 0. The molecule has 0 saturated carbocycles. The van der Waals surface area contributed by atoms with Crippen LogP contribution in [0.15, 0.2) is 78.0 Å². The fourth-order valence-electron chi connectivity index (χ4n) is 6.40. The van der Waals surface area contributed by atoms with E-state index in [-0.39, 0.29) is 48.9 Å². The van der Waals surface area contributed by atoms with Crippen molar-refractivity contribution in [1.82, 2.24) is 4.98 Å². The molecule has 0 bridgehead atoms. The SMILES string of the molecule is CCC(CC)C(=O)/C=C(\O)C(CC)CC.[CH2-][n+]1ccc(-c2cc3ccsc3c(CC(C)C)n2)cc1-c1[c-]c2ccccc2c(C(C)(C)C)c1.[Ir]. The minimum absolute atomic E-state index is 0. The van der Waals surface area contributed by atoms with E-state index in [0.717, 1.165) is 60.0 Å². The first-order valence-electron chi connectivity index (χ1n) is 17.9. The predicted molar refractivity (Wildman–Crippen MR) is 209 cm³/mol. The third-order valence-electron chi connectivity index (χ3n) is 9.38. The van der Waals surface area contributed by atoms with Gasteiger partial charge in [-0.2, -0.15) is 0 Å². The summed E-state index contributed by atoms with van der Waals surface area (Å²) in [5, 5.41) is 15.6. The summed E-state index contributed by atoms with van der Waals surface area (Å²) in [6, 6.07) is 23.2. The molecule has 0 atom stereocenters. The maximum absolute atomic E-state index is 11.7. The molecule has 5 rings (SSSR count). The van der Waals surface area contributed by atoms with Crippen molar-refractivity contribution in [3.05, 3.63) is 102 Å². The Kier molecular flexibility index (Phi) is 15.0. The summed E-state index contributed by atoms with van der Waals surface area (Å²) in [6.45, 7) is 19.4. The van der Waals surface area contributed by atoms with Crippen LogP contribution in [0, 0.1) is 30.9 Å². The number of ketones is 1. The van der Waals surface area contributed by atoms with Crippen LogP contribution in [0.2, 0.25) is 0 Å². The molecule has 0 amide bonds. The van der Waals surface area contributed by atoms with E-state index >= 15 is 0 Å². The van der Waals surface area contributed by atoms with Crippen LogP contribution in [0.3, 0.4) is 0 Å². The molecule has 0 saturated heterocycles. The topological polar surface area (TPSA) is 54.1 Å². The number of benzene rings is 2. The van der Waals surface area contributed by atoms with Gasteiger partial charge in [-0.05, 0) is 84.0 Å². The number of fused-ring (bicyclic) bond motifs is 2. The van der Waals surface area contributed by atoms with Gasteiger partial charge in [0, 0.05) is 45.1 Å². The number of allylic oxidation sites excluding steroid dienone is 2. The van der Waals surface area contributed by atoms with Crippen LogP contribution in [0.4, 0.5) is 0 Å². The molecule has 0 aliphatic rings. The third kappa shape index (κ3) is 9.93. The number of aliphatic hydroxyl groups is 1. The molecule has 0 unspecified atom stereocenters. The number of hydrogen-bond donors (Lipinski definition) is 1. The Labute approximate surface area is 318 Å². The average Bonchev–Trinajstić information content (AvgIpc) is 3.54. The van der Waals surface area contributed by atoms with Gasteiger partial charge in [0.2, 0.25) is 0 Å². The summed E-state index contributed by atoms with van der Waals surface area (Å²) >= 11 is 1.79. The van der Waals surface area contributed by atoms with Crippen molar-refractivity contribution in [2.45, 2.75) is 99.8 Å². The largest absolute Gasteiger partial charge is 0.512 e. The summed E-state index contributed by atoms with van der Waals surface area (Å²) in [7, 11) is 4.28. The number of hydrogen-bond acceptors (Lipinski definition) is 4. The molecule has 1 N–H and O–H groups in total. The third-order valence-corrected chi connectivity index (χ3v) is 10.4.